The molecule has 178 valence electrons. The molecular formula is C23H26N6O5. The van der Waals surface area contributed by atoms with E-state index in [-0.39, 0.29) is 41.3 Å². The molecule has 0 saturated heterocycles. The monoisotopic (exact) mass is 469 g/mol. The van der Waals surface area contributed by atoms with Crippen molar-refractivity contribution in [2.75, 3.05) is 31.8 Å². The normalized spacial score (nSPS) is 14.5. The second kappa shape index (κ2) is 10.3. The van der Waals surface area contributed by atoms with Gasteiger partial charge in [-0.05, 0) is 30.9 Å². The van der Waals surface area contributed by atoms with Gasteiger partial charge in [0.25, 0.3) is 11.8 Å². The molecule has 0 aliphatic heterocycles. The maximum Gasteiger partial charge on any atom is 0.254 e. The molecule has 2 heterocycles. The fourth-order valence-electron chi connectivity index (χ4n) is 3.38. The number of aromatic nitrogens is 3. The first-order valence-electron chi connectivity index (χ1n) is 12.0. The maximum absolute atomic E-state index is 12.8. The Labute approximate surface area is 200 Å². The summed E-state index contributed by atoms with van der Waals surface area (Å²) in [6.45, 7) is -2.57. The van der Waals surface area contributed by atoms with Crippen molar-refractivity contribution in [1.82, 2.24) is 20.4 Å². The Morgan fingerprint density at radius 2 is 2.12 bits per heavy atom. The fraction of sp³-hybridized carbons (Fsp3) is 0.348. The summed E-state index contributed by atoms with van der Waals surface area (Å²) in [4.78, 5) is 33.5. The van der Waals surface area contributed by atoms with Gasteiger partial charge in [-0.1, -0.05) is 11.2 Å². The van der Waals surface area contributed by atoms with Crippen LogP contribution in [0.15, 0.2) is 35.0 Å². The van der Waals surface area contributed by atoms with E-state index in [0.29, 0.717) is 29.3 Å². The molecule has 1 aromatic carbocycles. The number of pyridine rings is 1. The van der Waals surface area contributed by atoms with Crippen LogP contribution in [0.4, 0.5) is 17.2 Å². The van der Waals surface area contributed by atoms with Gasteiger partial charge in [0, 0.05) is 36.9 Å². The molecule has 2 amide bonds. The van der Waals surface area contributed by atoms with Crippen LogP contribution >= 0.6 is 0 Å². The lowest BCUT2D eigenvalue weighted by molar-refractivity contribution is -0.116. The van der Waals surface area contributed by atoms with E-state index >= 15 is 0 Å². The largest absolute Gasteiger partial charge is 0.494 e. The Morgan fingerprint density at radius 1 is 1.26 bits per heavy atom. The average molecular weight is 470 g/mol. The number of nitrogens with one attached hydrogen (secondary N) is 3. The minimum absolute atomic E-state index is 0.0503. The van der Waals surface area contributed by atoms with Crippen LogP contribution in [0.2, 0.25) is 0 Å². The molecule has 4 rings (SSSR count). The molecule has 0 radical (unpaired) electrons. The number of hydrogen-bond acceptors (Lipinski definition) is 9. The first-order valence-corrected chi connectivity index (χ1v) is 10.5. The van der Waals surface area contributed by atoms with E-state index in [1.807, 2.05) is 5.32 Å². The van der Waals surface area contributed by atoms with Crippen molar-refractivity contribution in [3.63, 3.8) is 0 Å². The van der Waals surface area contributed by atoms with Crippen molar-refractivity contribution in [3.8, 4) is 17.1 Å². The SMILES string of the molecule is [2H]C([2H])([2H])NC(=O)c1cnc(NC(=O)CC2CC2)cc1Nc1cccc(-c2noc(COC)n2)c1OC. The Hall–Kier alpha value is -3.99. The number of nitrogens with zero attached hydrogens (tertiary/aromatic N) is 3. The van der Waals surface area contributed by atoms with Crippen LogP contribution in [0.25, 0.3) is 11.4 Å². The second-order valence-electron chi connectivity index (χ2n) is 7.72. The molecule has 1 aliphatic carbocycles. The summed E-state index contributed by atoms with van der Waals surface area (Å²) in [7, 11) is 2.96. The topological polar surface area (TPSA) is 140 Å². The van der Waals surface area contributed by atoms with Crippen LogP contribution in [0.5, 0.6) is 5.75 Å². The molecule has 0 bridgehead atoms. The van der Waals surface area contributed by atoms with Gasteiger partial charge in [-0.3, -0.25) is 9.59 Å². The Morgan fingerprint density at radius 3 is 2.85 bits per heavy atom. The van der Waals surface area contributed by atoms with Crippen molar-refractivity contribution < 1.29 is 27.7 Å². The van der Waals surface area contributed by atoms with Gasteiger partial charge in [-0.25, -0.2) is 4.98 Å². The lowest BCUT2D eigenvalue weighted by Crippen LogP contribution is -2.20. The second-order valence-corrected chi connectivity index (χ2v) is 7.72. The number of carbonyl (C=O) groups excluding carboxylic acids is 2. The highest BCUT2D eigenvalue weighted by atomic mass is 16.5. The summed E-state index contributed by atoms with van der Waals surface area (Å²) in [5.74, 6) is 0.399. The van der Waals surface area contributed by atoms with Crippen molar-refractivity contribution >= 4 is 29.0 Å². The number of benzene rings is 1. The molecule has 11 nitrogen and oxygen atoms in total. The third-order valence-corrected chi connectivity index (χ3v) is 5.17. The average Bonchev–Trinajstić information content (AvgIpc) is 3.52. The van der Waals surface area contributed by atoms with E-state index in [1.165, 1.54) is 26.5 Å². The third kappa shape index (κ3) is 5.31. The van der Waals surface area contributed by atoms with E-state index in [0.717, 1.165) is 12.8 Å². The van der Waals surface area contributed by atoms with Crippen LogP contribution in [0.3, 0.4) is 0 Å². The Bertz CT molecular complexity index is 1290. The van der Waals surface area contributed by atoms with Gasteiger partial charge in [0.1, 0.15) is 12.4 Å². The quantitative estimate of drug-likeness (QED) is 0.408. The Kier molecular flexibility index (Phi) is 5.90. The number of amides is 2. The van der Waals surface area contributed by atoms with Gasteiger partial charge in [-0.2, -0.15) is 4.98 Å². The Balaban J connectivity index is 1.68. The maximum atomic E-state index is 12.8. The summed E-state index contributed by atoms with van der Waals surface area (Å²) in [5.41, 5.74) is 1.06. The molecule has 0 spiro atoms. The highest BCUT2D eigenvalue weighted by Crippen LogP contribution is 2.38. The number of rotatable bonds is 10. The lowest BCUT2D eigenvalue weighted by Gasteiger charge is -2.16. The highest BCUT2D eigenvalue weighted by Gasteiger charge is 2.25. The third-order valence-electron chi connectivity index (χ3n) is 5.17. The highest BCUT2D eigenvalue weighted by molar-refractivity contribution is 6.01. The van der Waals surface area contributed by atoms with Crippen LogP contribution in [0, 0.1) is 5.92 Å². The molecule has 1 aliphatic rings. The molecule has 1 saturated carbocycles. The minimum Gasteiger partial charge on any atom is -0.494 e. The number of ether oxygens (including phenoxy) is 2. The van der Waals surface area contributed by atoms with Gasteiger partial charge in [0.05, 0.1) is 29.6 Å². The van der Waals surface area contributed by atoms with E-state index in [9.17, 15) is 9.59 Å². The summed E-state index contributed by atoms with van der Waals surface area (Å²) >= 11 is 0. The predicted octanol–water partition coefficient (Wildman–Crippen LogP) is 3.13. The van der Waals surface area contributed by atoms with E-state index in [1.54, 1.807) is 18.2 Å². The number of para-hydroxylation sites is 1. The lowest BCUT2D eigenvalue weighted by atomic mass is 10.1. The molecule has 2 aromatic heterocycles. The molecule has 0 atom stereocenters. The van der Waals surface area contributed by atoms with Gasteiger partial charge in [0.2, 0.25) is 11.7 Å². The van der Waals surface area contributed by atoms with Gasteiger partial charge in [-0.15, -0.1) is 0 Å². The van der Waals surface area contributed by atoms with Crippen molar-refractivity contribution in [1.29, 1.82) is 0 Å². The summed E-state index contributed by atoms with van der Waals surface area (Å²) in [6, 6.07) is 6.59. The minimum atomic E-state index is -2.71. The van der Waals surface area contributed by atoms with Crippen molar-refractivity contribution in [3.05, 3.63) is 41.9 Å². The number of methoxy groups -OCH3 is 2. The van der Waals surface area contributed by atoms with Crippen LogP contribution in [-0.4, -0.2) is 48.1 Å². The first kappa shape index (κ1) is 19.5. The van der Waals surface area contributed by atoms with Crippen LogP contribution in [0.1, 0.15) is 39.6 Å². The molecule has 3 aromatic rings. The summed E-state index contributed by atoms with van der Waals surface area (Å²) in [5, 5.41) is 11.7. The molecule has 3 N–H and O–H groups in total. The molecule has 11 heteroatoms. The van der Waals surface area contributed by atoms with Crippen LogP contribution in [-0.2, 0) is 16.1 Å². The molecule has 0 unspecified atom stereocenters. The number of anilines is 3. The molecular weight excluding hydrogens is 440 g/mol. The predicted molar refractivity (Wildman–Crippen MR) is 124 cm³/mol. The van der Waals surface area contributed by atoms with Gasteiger partial charge in [0.15, 0.2) is 5.75 Å². The van der Waals surface area contributed by atoms with E-state index < -0.39 is 12.9 Å². The zero-order chi connectivity index (χ0) is 26.6. The fourth-order valence-corrected chi connectivity index (χ4v) is 3.38. The first-order chi connectivity index (χ1) is 17.7. The van der Waals surface area contributed by atoms with E-state index in [2.05, 4.69) is 25.8 Å². The van der Waals surface area contributed by atoms with Crippen molar-refractivity contribution in [2.45, 2.75) is 25.9 Å². The van der Waals surface area contributed by atoms with Crippen molar-refractivity contribution in [2.24, 2.45) is 5.92 Å². The zero-order valence-corrected chi connectivity index (χ0v) is 18.7. The smallest absolute Gasteiger partial charge is 0.254 e. The zero-order valence-electron chi connectivity index (χ0n) is 21.7. The van der Waals surface area contributed by atoms with Crippen LogP contribution < -0.4 is 20.7 Å². The summed E-state index contributed by atoms with van der Waals surface area (Å²) < 4.78 is 37.9. The molecule has 34 heavy (non-hydrogen) atoms. The van der Waals surface area contributed by atoms with Gasteiger partial charge >= 0.3 is 0 Å². The van der Waals surface area contributed by atoms with E-state index in [4.69, 9.17) is 18.1 Å². The van der Waals surface area contributed by atoms with Gasteiger partial charge < -0.3 is 29.9 Å². The number of carbonyl (C=O) groups is 2. The summed E-state index contributed by atoms with van der Waals surface area (Å²) in [6.07, 6.45) is 3.62. The number of hydrogen-bond donors (Lipinski definition) is 3. The molecule has 1 fully saturated rings. The standard InChI is InChI=1S/C23H26N6O5/c1-24-23(31)15-11-25-18(27-19(30)9-13-7-8-13)10-17(15)26-16-6-4-5-14(21(16)33-3)22-28-20(12-32-2)34-29-22/h4-6,10-11,13H,7-9,12H2,1-3H3,(H,24,31)(H2,25,26,27,30)/i1D3.